The SMILES string of the molecule is C(=Cc1ccc2sc3ccccc3c2c1)c1ccc2sc3ccccc3c2c1. The normalized spacial score (nSPS) is 12.1. The van der Waals surface area contributed by atoms with Crippen LogP contribution in [0.1, 0.15) is 11.1 Å². The highest BCUT2D eigenvalue weighted by Crippen LogP contribution is 2.36. The van der Waals surface area contributed by atoms with Crippen LogP contribution in [0.15, 0.2) is 84.9 Å². The molecule has 4 aromatic carbocycles. The molecule has 0 aliphatic carbocycles. The highest BCUT2D eigenvalue weighted by molar-refractivity contribution is 7.26. The minimum Gasteiger partial charge on any atom is -0.135 e. The van der Waals surface area contributed by atoms with Crippen LogP contribution in [0, 0.1) is 0 Å². The summed E-state index contributed by atoms with van der Waals surface area (Å²) in [4.78, 5) is 0. The van der Waals surface area contributed by atoms with Crippen molar-refractivity contribution in [3.8, 4) is 0 Å². The summed E-state index contributed by atoms with van der Waals surface area (Å²) in [5, 5.41) is 5.40. The fraction of sp³-hybridized carbons (Fsp3) is 0. The van der Waals surface area contributed by atoms with Gasteiger partial charge in [0, 0.05) is 40.3 Å². The molecule has 0 spiro atoms. The van der Waals surface area contributed by atoms with Gasteiger partial charge in [0.15, 0.2) is 0 Å². The van der Waals surface area contributed by atoms with Crippen molar-refractivity contribution in [2.24, 2.45) is 0 Å². The molecule has 0 aliphatic rings. The second-order valence-electron chi connectivity index (χ2n) is 7.04. The summed E-state index contributed by atoms with van der Waals surface area (Å²) in [6, 6.07) is 30.9. The molecule has 0 bridgehead atoms. The van der Waals surface area contributed by atoms with E-state index >= 15 is 0 Å². The van der Waals surface area contributed by atoms with E-state index in [1.165, 1.54) is 51.5 Å². The van der Waals surface area contributed by atoms with Crippen LogP contribution < -0.4 is 0 Å². The van der Waals surface area contributed by atoms with Crippen LogP contribution in [0.25, 0.3) is 52.5 Å². The zero-order valence-corrected chi connectivity index (χ0v) is 16.7. The van der Waals surface area contributed by atoms with Crippen LogP contribution in [-0.2, 0) is 0 Å². The van der Waals surface area contributed by atoms with Gasteiger partial charge in [-0.05, 0) is 47.5 Å². The second kappa shape index (κ2) is 6.30. The maximum absolute atomic E-state index is 2.31. The first-order valence-corrected chi connectivity index (χ1v) is 11.0. The highest BCUT2D eigenvalue weighted by atomic mass is 32.1. The lowest BCUT2D eigenvalue weighted by atomic mass is 10.1. The van der Waals surface area contributed by atoms with Gasteiger partial charge in [0.25, 0.3) is 0 Å². The summed E-state index contributed by atoms with van der Waals surface area (Å²) >= 11 is 3.73. The van der Waals surface area contributed by atoms with Gasteiger partial charge in [-0.15, -0.1) is 22.7 Å². The quantitative estimate of drug-likeness (QED) is 0.259. The molecule has 0 unspecified atom stereocenters. The highest BCUT2D eigenvalue weighted by Gasteiger charge is 2.05. The Morgan fingerprint density at radius 3 is 1.36 bits per heavy atom. The molecule has 0 nitrogen and oxygen atoms in total. The van der Waals surface area contributed by atoms with Crippen molar-refractivity contribution in [1.29, 1.82) is 0 Å². The van der Waals surface area contributed by atoms with Crippen LogP contribution in [0.2, 0.25) is 0 Å². The average Bonchev–Trinajstić information content (AvgIpc) is 3.30. The molecule has 6 aromatic rings. The summed E-state index contributed by atoms with van der Waals surface area (Å²) in [7, 11) is 0. The minimum absolute atomic E-state index is 1.24. The van der Waals surface area contributed by atoms with Crippen LogP contribution in [-0.4, -0.2) is 0 Å². The molecule has 0 fully saturated rings. The van der Waals surface area contributed by atoms with E-state index in [0.29, 0.717) is 0 Å². The van der Waals surface area contributed by atoms with Crippen molar-refractivity contribution in [3.05, 3.63) is 96.1 Å². The lowest BCUT2D eigenvalue weighted by molar-refractivity contribution is 1.75. The first-order chi connectivity index (χ1) is 13.8. The van der Waals surface area contributed by atoms with Crippen molar-refractivity contribution in [2.45, 2.75) is 0 Å². The van der Waals surface area contributed by atoms with Crippen LogP contribution in [0.3, 0.4) is 0 Å². The Morgan fingerprint density at radius 1 is 0.429 bits per heavy atom. The molecule has 0 atom stereocenters. The Kier molecular flexibility index (Phi) is 3.61. The molecule has 0 radical (unpaired) electrons. The minimum atomic E-state index is 1.24. The van der Waals surface area contributed by atoms with E-state index in [9.17, 15) is 0 Å². The third-order valence-corrected chi connectivity index (χ3v) is 7.57. The number of benzene rings is 4. The van der Waals surface area contributed by atoms with Gasteiger partial charge in [-0.1, -0.05) is 60.7 Å². The predicted molar refractivity (Wildman–Crippen MR) is 128 cm³/mol. The zero-order valence-electron chi connectivity index (χ0n) is 15.1. The standard InChI is InChI=1S/C26H16S2/c1-3-7-23-19(5-1)21-15-17(11-13-25(21)27-23)9-10-18-12-14-26-22(16-18)20-6-2-4-8-24(20)28-26/h1-16H. The summed E-state index contributed by atoms with van der Waals surface area (Å²) in [6.45, 7) is 0. The Bertz CT molecular complexity index is 1400. The number of rotatable bonds is 2. The molecular weight excluding hydrogens is 376 g/mol. The topological polar surface area (TPSA) is 0 Å². The molecule has 2 aromatic heterocycles. The molecule has 0 aliphatic heterocycles. The molecular formula is C26H16S2. The lowest BCUT2D eigenvalue weighted by Gasteiger charge is -1.98. The second-order valence-corrected chi connectivity index (χ2v) is 9.21. The van der Waals surface area contributed by atoms with Crippen LogP contribution in [0.4, 0.5) is 0 Å². The number of hydrogen-bond donors (Lipinski definition) is 0. The van der Waals surface area contributed by atoms with Crippen molar-refractivity contribution >= 4 is 75.2 Å². The van der Waals surface area contributed by atoms with E-state index in [-0.39, 0.29) is 0 Å². The smallest absolute Gasteiger partial charge is 0.0355 e. The molecule has 2 heterocycles. The van der Waals surface area contributed by atoms with Gasteiger partial charge < -0.3 is 0 Å². The number of thiophene rings is 2. The van der Waals surface area contributed by atoms with E-state index in [1.807, 2.05) is 22.7 Å². The van der Waals surface area contributed by atoms with Crippen molar-refractivity contribution in [2.75, 3.05) is 0 Å². The maximum Gasteiger partial charge on any atom is 0.0355 e. The fourth-order valence-corrected chi connectivity index (χ4v) is 6.06. The lowest BCUT2D eigenvalue weighted by Crippen LogP contribution is -1.74. The summed E-state index contributed by atoms with van der Waals surface area (Å²) in [5.74, 6) is 0. The van der Waals surface area contributed by atoms with Gasteiger partial charge in [0.1, 0.15) is 0 Å². The largest absolute Gasteiger partial charge is 0.135 e. The maximum atomic E-state index is 2.31. The number of hydrogen-bond acceptors (Lipinski definition) is 2. The monoisotopic (exact) mass is 392 g/mol. The number of fused-ring (bicyclic) bond motifs is 6. The van der Waals surface area contributed by atoms with Gasteiger partial charge in [-0.2, -0.15) is 0 Å². The molecule has 0 N–H and O–H groups in total. The zero-order chi connectivity index (χ0) is 18.5. The molecule has 28 heavy (non-hydrogen) atoms. The van der Waals surface area contributed by atoms with Crippen LogP contribution >= 0.6 is 22.7 Å². The fourth-order valence-electron chi connectivity index (χ4n) is 3.89. The molecule has 0 saturated carbocycles. The van der Waals surface area contributed by atoms with Crippen molar-refractivity contribution in [1.82, 2.24) is 0 Å². The van der Waals surface area contributed by atoms with E-state index in [1.54, 1.807) is 0 Å². The Morgan fingerprint density at radius 2 is 0.857 bits per heavy atom. The third kappa shape index (κ3) is 2.57. The molecule has 6 rings (SSSR count). The molecule has 0 saturated heterocycles. The van der Waals surface area contributed by atoms with Crippen LogP contribution in [0.5, 0.6) is 0 Å². The van der Waals surface area contributed by atoms with Gasteiger partial charge in [0.05, 0.1) is 0 Å². The van der Waals surface area contributed by atoms with Crippen molar-refractivity contribution < 1.29 is 0 Å². The molecule has 0 amide bonds. The average molecular weight is 393 g/mol. The van der Waals surface area contributed by atoms with E-state index in [2.05, 4.69) is 97.1 Å². The summed E-state index contributed by atoms with van der Waals surface area (Å²) < 4.78 is 5.41. The van der Waals surface area contributed by atoms with E-state index < -0.39 is 0 Å². The molecule has 2 heteroatoms. The summed E-state index contributed by atoms with van der Waals surface area (Å²) in [6.07, 6.45) is 4.45. The molecule has 132 valence electrons. The van der Waals surface area contributed by atoms with Gasteiger partial charge in [0.2, 0.25) is 0 Å². The van der Waals surface area contributed by atoms with Gasteiger partial charge in [-0.3, -0.25) is 0 Å². The Hall–Kier alpha value is -2.94. The Balaban J connectivity index is 1.43. The van der Waals surface area contributed by atoms with E-state index in [0.717, 1.165) is 0 Å². The first kappa shape index (κ1) is 16.1. The third-order valence-electron chi connectivity index (χ3n) is 5.27. The van der Waals surface area contributed by atoms with E-state index in [4.69, 9.17) is 0 Å². The predicted octanol–water partition coefficient (Wildman–Crippen LogP) is 8.59. The first-order valence-electron chi connectivity index (χ1n) is 9.36. The Labute approximate surface area is 171 Å². The van der Waals surface area contributed by atoms with Crippen molar-refractivity contribution in [3.63, 3.8) is 0 Å². The summed E-state index contributed by atoms with van der Waals surface area (Å²) in [5.41, 5.74) is 2.48. The van der Waals surface area contributed by atoms with Gasteiger partial charge >= 0.3 is 0 Å². The van der Waals surface area contributed by atoms with Gasteiger partial charge in [-0.25, -0.2) is 0 Å².